The summed E-state index contributed by atoms with van der Waals surface area (Å²) < 4.78 is 5.79. The number of phenols is 1. The number of amides is 1. The van der Waals surface area contributed by atoms with Crippen LogP contribution in [-0.2, 0) is 6.42 Å². The molecule has 0 atom stereocenters. The number of oxazole rings is 1. The van der Waals surface area contributed by atoms with Crippen molar-refractivity contribution < 1.29 is 14.3 Å². The van der Waals surface area contributed by atoms with Crippen molar-refractivity contribution in [3.63, 3.8) is 0 Å². The van der Waals surface area contributed by atoms with E-state index in [9.17, 15) is 9.90 Å². The van der Waals surface area contributed by atoms with Crippen molar-refractivity contribution in [2.75, 3.05) is 5.32 Å². The van der Waals surface area contributed by atoms with E-state index in [-0.39, 0.29) is 16.8 Å². The highest BCUT2D eigenvalue weighted by molar-refractivity contribution is 7.80. The first-order valence-corrected chi connectivity index (χ1v) is 10.3. The fraction of sp³-hybridized carbons (Fsp3) is 0.125. The number of phenolic OH excluding ortho intramolecular Hbond substituents is 1. The molecule has 7 heteroatoms. The average molecular weight is 432 g/mol. The number of aromatic hydroxyl groups is 1. The Morgan fingerprint density at radius 2 is 1.97 bits per heavy atom. The molecule has 3 N–H and O–H groups in total. The number of rotatable bonds is 4. The first-order valence-electron chi connectivity index (χ1n) is 9.85. The van der Waals surface area contributed by atoms with E-state index in [4.69, 9.17) is 16.6 Å². The Morgan fingerprint density at radius 3 is 2.71 bits per heavy atom. The molecule has 1 heterocycles. The van der Waals surface area contributed by atoms with Crippen molar-refractivity contribution in [2.24, 2.45) is 0 Å². The Kier molecular flexibility index (Phi) is 5.68. The highest BCUT2D eigenvalue weighted by atomic mass is 32.1. The molecule has 1 aromatic heterocycles. The molecule has 0 aliphatic heterocycles. The standard InChI is InChI=1S/C24H21N3O3S/c1-3-15-7-10-21-19(12-15)26-23(30-21)18-9-8-17(13-20(18)28)25-24(31)27-22(29)16-6-4-5-14(2)11-16/h4-13,28H,3H2,1-2H3,(H2,25,27,29,31). The Morgan fingerprint density at radius 1 is 1.13 bits per heavy atom. The number of hydrogen-bond acceptors (Lipinski definition) is 5. The Labute approximate surface area is 184 Å². The van der Waals surface area contributed by atoms with Gasteiger partial charge in [0.1, 0.15) is 11.3 Å². The van der Waals surface area contributed by atoms with Crippen molar-refractivity contribution in [1.82, 2.24) is 10.3 Å². The number of aromatic nitrogens is 1. The zero-order valence-electron chi connectivity index (χ0n) is 17.1. The van der Waals surface area contributed by atoms with Crippen LogP contribution in [0.5, 0.6) is 5.75 Å². The van der Waals surface area contributed by atoms with Crippen molar-refractivity contribution in [3.05, 3.63) is 77.4 Å². The van der Waals surface area contributed by atoms with E-state index in [1.165, 1.54) is 6.07 Å². The van der Waals surface area contributed by atoms with E-state index in [1.807, 2.05) is 37.3 Å². The maximum Gasteiger partial charge on any atom is 0.257 e. The second-order valence-corrected chi connectivity index (χ2v) is 7.59. The monoisotopic (exact) mass is 431 g/mol. The summed E-state index contributed by atoms with van der Waals surface area (Å²) in [6.07, 6.45) is 0.907. The number of aryl methyl sites for hydroxylation is 2. The van der Waals surface area contributed by atoms with Crippen LogP contribution < -0.4 is 10.6 Å². The molecule has 0 aliphatic rings. The summed E-state index contributed by atoms with van der Waals surface area (Å²) in [7, 11) is 0. The van der Waals surface area contributed by atoms with E-state index in [2.05, 4.69) is 22.5 Å². The Hall–Kier alpha value is -3.71. The number of hydrogen-bond donors (Lipinski definition) is 3. The molecule has 4 aromatic rings. The maximum absolute atomic E-state index is 12.3. The molecule has 0 bridgehead atoms. The summed E-state index contributed by atoms with van der Waals surface area (Å²) in [6, 6.07) is 18.0. The van der Waals surface area contributed by atoms with Crippen LogP contribution in [0.1, 0.15) is 28.4 Å². The van der Waals surface area contributed by atoms with Gasteiger partial charge >= 0.3 is 0 Å². The van der Waals surface area contributed by atoms with Crippen molar-refractivity contribution in [1.29, 1.82) is 0 Å². The quantitative estimate of drug-likeness (QED) is 0.385. The molecule has 3 aromatic carbocycles. The van der Waals surface area contributed by atoms with Gasteiger partial charge in [-0.25, -0.2) is 4.98 Å². The van der Waals surface area contributed by atoms with E-state index in [0.29, 0.717) is 28.3 Å². The average Bonchev–Trinajstić information content (AvgIpc) is 3.16. The number of fused-ring (bicyclic) bond motifs is 1. The Balaban J connectivity index is 1.48. The Bertz CT molecular complexity index is 1300. The van der Waals surface area contributed by atoms with Crippen LogP contribution in [0.4, 0.5) is 5.69 Å². The summed E-state index contributed by atoms with van der Waals surface area (Å²) in [5.74, 6) is 0.0164. The number of anilines is 1. The van der Waals surface area contributed by atoms with Crippen LogP contribution in [0, 0.1) is 6.92 Å². The van der Waals surface area contributed by atoms with Gasteiger partial charge in [-0.05, 0) is 67.5 Å². The first-order chi connectivity index (χ1) is 14.9. The van der Waals surface area contributed by atoms with Gasteiger partial charge in [-0.2, -0.15) is 0 Å². The molecule has 0 spiro atoms. The fourth-order valence-electron chi connectivity index (χ4n) is 3.22. The molecule has 0 saturated carbocycles. The van der Waals surface area contributed by atoms with Crippen LogP contribution in [0.2, 0.25) is 0 Å². The minimum Gasteiger partial charge on any atom is -0.507 e. The van der Waals surface area contributed by atoms with Crippen LogP contribution in [0.15, 0.2) is 65.1 Å². The van der Waals surface area contributed by atoms with Crippen molar-refractivity contribution in [2.45, 2.75) is 20.3 Å². The van der Waals surface area contributed by atoms with Gasteiger partial charge in [-0.3, -0.25) is 10.1 Å². The molecule has 6 nitrogen and oxygen atoms in total. The molecule has 0 aliphatic carbocycles. The molecule has 0 radical (unpaired) electrons. The highest BCUT2D eigenvalue weighted by Gasteiger charge is 2.14. The molecule has 0 fully saturated rings. The van der Waals surface area contributed by atoms with Crippen molar-refractivity contribution >= 4 is 40.0 Å². The SMILES string of the molecule is CCc1ccc2oc(-c3ccc(NC(=S)NC(=O)c4cccc(C)c4)cc3O)nc2c1. The number of nitrogens with one attached hydrogen (secondary N) is 2. The minimum absolute atomic E-state index is 0.0138. The maximum atomic E-state index is 12.3. The molecule has 31 heavy (non-hydrogen) atoms. The second-order valence-electron chi connectivity index (χ2n) is 7.18. The minimum atomic E-state index is -0.306. The molecule has 4 rings (SSSR count). The van der Waals surface area contributed by atoms with Gasteiger partial charge in [0.05, 0.1) is 5.56 Å². The second kappa shape index (κ2) is 8.57. The third-order valence-corrected chi connectivity index (χ3v) is 5.06. The highest BCUT2D eigenvalue weighted by Crippen LogP contribution is 2.33. The lowest BCUT2D eigenvalue weighted by Gasteiger charge is -2.11. The molecular formula is C24H21N3O3S. The van der Waals surface area contributed by atoms with Crippen molar-refractivity contribution in [3.8, 4) is 17.2 Å². The largest absolute Gasteiger partial charge is 0.507 e. The summed E-state index contributed by atoms with van der Waals surface area (Å²) >= 11 is 5.23. The normalized spacial score (nSPS) is 10.8. The van der Waals surface area contributed by atoms with Gasteiger partial charge in [-0.1, -0.05) is 30.7 Å². The van der Waals surface area contributed by atoms with Gasteiger partial charge in [0.15, 0.2) is 10.7 Å². The first kappa shape index (κ1) is 20.6. The fourth-order valence-corrected chi connectivity index (χ4v) is 3.43. The lowest BCUT2D eigenvalue weighted by Crippen LogP contribution is -2.34. The van der Waals surface area contributed by atoms with E-state index in [0.717, 1.165) is 23.1 Å². The number of carbonyl (C=O) groups is 1. The number of nitrogens with zero attached hydrogens (tertiary/aromatic N) is 1. The summed E-state index contributed by atoms with van der Waals surface area (Å²) in [4.78, 5) is 16.8. The topological polar surface area (TPSA) is 87.4 Å². The molecule has 0 saturated heterocycles. The van der Waals surface area contributed by atoms with Crippen LogP contribution >= 0.6 is 12.2 Å². The summed E-state index contributed by atoms with van der Waals surface area (Å²) in [5, 5.41) is 16.2. The van der Waals surface area contributed by atoms with Gasteiger partial charge < -0.3 is 14.8 Å². The van der Waals surface area contributed by atoms with E-state index >= 15 is 0 Å². The third kappa shape index (κ3) is 4.57. The van der Waals surface area contributed by atoms with Gasteiger partial charge in [-0.15, -0.1) is 0 Å². The van der Waals surface area contributed by atoms with E-state index < -0.39 is 0 Å². The van der Waals surface area contributed by atoms with Crippen LogP contribution in [0.3, 0.4) is 0 Å². The van der Waals surface area contributed by atoms with Gasteiger partial charge in [0.25, 0.3) is 5.91 Å². The summed E-state index contributed by atoms with van der Waals surface area (Å²) in [5.41, 5.74) is 5.07. The third-order valence-electron chi connectivity index (χ3n) is 4.85. The lowest BCUT2D eigenvalue weighted by atomic mass is 10.1. The predicted molar refractivity (Wildman–Crippen MR) is 125 cm³/mol. The number of benzene rings is 3. The zero-order valence-corrected chi connectivity index (χ0v) is 17.9. The number of carbonyl (C=O) groups excluding carboxylic acids is 1. The smallest absolute Gasteiger partial charge is 0.257 e. The van der Waals surface area contributed by atoms with Crippen LogP contribution in [0.25, 0.3) is 22.6 Å². The molecular weight excluding hydrogens is 410 g/mol. The van der Waals surface area contributed by atoms with Gasteiger partial charge in [0.2, 0.25) is 5.89 Å². The molecule has 1 amide bonds. The molecule has 0 unspecified atom stereocenters. The van der Waals surface area contributed by atoms with Crippen LogP contribution in [-0.4, -0.2) is 21.1 Å². The summed E-state index contributed by atoms with van der Waals surface area (Å²) in [6.45, 7) is 3.99. The zero-order chi connectivity index (χ0) is 22.0. The number of thiocarbonyl (C=S) groups is 1. The molecule has 156 valence electrons. The lowest BCUT2D eigenvalue weighted by molar-refractivity contribution is 0.0977. The van der Waals surface area contributed by atoms with E-state index in [1.54, 1.807) is 24.3 Å². The van der Waals surface area contributed by atoms with Gasteiger partial charge in [0, 0.05) is 17.3 Å². The predicted octanol–water partition coefficient (Wildman–Crippen LogP) is 5.20.